The number of aliphatic hydroxyl groups excluding tert-OH is 1. The Bertz CT molecular complexity index is 1110. The van der Waals surface area contributed by atoms with Gasteiger partial charge in [0, 0.05) is 12.1 Å². The number of aryl methyl sites for hydroxylation is 2. The number of hydrogen-bond acceptors (Lipinski definition) is 3. The number of hydrogen-bond donors (Lipinski definition) is 1. The number of benzene rings is 3. The van der Waals surface area contributed by atoms with Gasteiger partial charge in [-0.2, -0.15) is 0 Å². The van der Waals surface area contributed by atoms with Gasteiger partial charge in [-0.3, -0.25) is 9.59 Å². The molecule has 0 bridgehead atoms. The highest BCUT2D eigenvalue weighted by Crippen LogP contribution is 2.40. The van der Waals surface area contributed by atoms with Crippen LogP contribution in [0.15, 0.2) is 84.4 Å². The van der Waals surface area contributed by atoms with Gasteiger partial charge in [-0.15, -0.1) is 0 Å². The van der Waals surface area contributed by atoms with E-state index in [9.17, 15) is 14.7 Å². The molecule has 1 unspecified atom stereocenters. The second kappa shape index (κ2) is 7.99. The van der Waals surface area contributed by atoms with Gasteiger partial charge in [-0.05, 0) is 25.0 Å². The predicted octanol–water partition coefficient (Wildman–Crippen LogP) is 4.93. The normalized spacial score (nSPS) is 18.1. The van der Waals surface area contributed by atoms with Gasteiger partial charge in [0.1, 0.15) is 5.76 Å². The molecule has 1 aliphatic heterocycles. The van der Waals surface area contributed by atoms with Crippen molar-refractivity contribution in [1.29, 1.82) is 0 Å². The summed E-state index contributed by atoms with van der Waals surface area (Å²) in [6.07, 6.45) is 0. The van der Waals surface area contributed by atoms with Crippen LogP contribution in [0.1, 0.15) is 33.9 Å². The average Bonchev–Trinajstić information content (AvgIpc) is 3.00. The third kappa shape index (κ3) is 3.64. The van der Waals surface area contributed by atoms with E-state index < -0.39 is 17.7 Å². The van der Waals surface area contributed by atoms with Crippen molar-refractivity contribution >= 4 is 17.4 Å². The summed E-state index contributed by atoms with van der Waals surface area (Å²) in [7, 11) is 0. The third-order valence-electron chi connectivity index (χ3n) is 5.45. The molecule has 4 rings (SSSR count). The number of amides is 1. The Labute approximate surface area is 176 Å². The monoisotopic (exact) mass is 397 g/mol. The van der Waals surface area contributed by atoms with Crippen molar-refractivity contribution < 1.29 is 14.7 Å². The molecule has 1 heterocycles. The van der Waals surface area contributed by atoms with Crippen molar-refractivity contribution in [3.8, 4) is 0 Å². The minimum absolute atomic E-state index is 0.128. The van der Waals surface area contributed by atoms with E-state index in [2.05, 4.69) is 0 Å². The summed E-state index contributed by atoms with van der Waals surface area (Å²) in [4.78, 5) is 27.6. The Morgan fingerprint density at radius 3 is 2.00 bits per heavy atom. The molecule has 4 nitrogen and oxygen atoms in total. The molecule has 4 heteroatoms. The van der Waals surface area contributed by atoms with E-state index in [1.165, 1.54) is 0 Å². The van der Waals surface area contributed by atoms with Crippen LogP contribution >= 0.6 is 0 Å². The summed E-state index contributed by atoms with van der Waals surface area (Å²) in [6.45, 7) is 4.22. The summed E-state index contributed by atoms with van der Waals surface area (Å²) in [5.41, 5.74) is 4.50. The summed E-state index contributed by atoms with van der Waals surface area (Å²) in [5.74, 6) is -1.40. The van der Waals surface area contributed by atoms with Gasteiger partial charge in [0.05, 0.1) is 11.6 Å². The van der Waals surface area contributed by atoms with Gasteiger partial charge in [-0.25, -0.2) is 0 Å². The van der Waals surface area contributed by atoms with Crippen molar-refractivity contribution in [3.05, 3.63) is 112 Å². The fourth-order valence-corrected chi connectivity index (χ4v) is 3.79. The standard InChI is InChI=1S/C26H23NO3/c1-17-8-12-20(13-9-17)23-22(24(28)21-14-10-18(2)11-15-21)25(29)26(30)27(23)16-19-6-4-3-5-7-19/h3-15,23,28H,16H2,1-2H3. The van der Waals surface area contributed by atoms with Crippen LogP contribution in [0.5, 0.6) is 0 Å². The van der Waals surface area contributed by atoms with Crippen molar-refractivity contribution in [2.45, 2.75) is 26.4 Å². The van der Waals surface area contributed by atoms with E-state index in [1.54, 1.807) is 17.0 Å². The van der Waals surface area contributed by atoms with Crippen LogP contribution in [-0.2, 0) is 16.1 Å². The number of carbonyl (C=O) groups excluding carboxylic acids is 2. The van der Waals surface area contributed by atoms with Crippen molar-refractivity contribution in [1.82, 2.24) is 4.90 Å². The van der Waals surface area contributed by atoms with Gasteiger partial charge in [0.15, 0.2) is 0 Å². The Balaban J connectivity index is 1.85. The lowest BCUT2D eigenvalue weighted by molar-refractivity contribution is -0.140. The first-order valence-corrected chi connectivity index (χ1v) is 9.91. The van der Waals surface area contributed by atoms with Crippen molar-refractivity contribution in [3.63, 3.8) is 0 Å². The molecule has 1 atom stereocenters. The number of nitrogens with zero attached hydrogens (tertiary/aromatic N) is 1. The number of Topliss-reactive ketones (excluding diaryl/α,β-unsaturated/α-hetero) is 1. The molecular weight excluding hydrogens is 374 g/mol. The molecule has 1 saturated heterocycles. The highest BCUT2D eigenvalue weighted by Gasteiger charge is 2.46. The molecule has 1 fully saturated rings. The lowest BCUT2D eigenvalue weighted by atomic mass is 9.94. The molecule has 0 radical (unpaired) electrons. The molecule has 1 N–H and O–H groups in total. The Morgan fingerprint density at radius 2 is 1.40 bits per heavy atom. The molecule has 150 valence electrons. The largest absolute Gasteiger partial charge is 0.507 e. The lowest BCUT2D eigenvalue weighted by Gasteiger charge is -2.25. The van der Waals surface area contributed by atoms with Crippen LogP contribution in [0, 0.1) is 13.8 Å². The molecule has 3 aromatic rings. The maximum atomic E-state index is 13.0. The van der Waals surface area contributed by atoms with Crippen LogP contribution < -0.4 is 0 Å². The molecule has 1 aliphatic rings. The van der Waals surface area contributed by atoms with Crippen LogP contribution in [0.25, 0.3) is 5.76 Å². The average molecular weight is 397 g/mol. The minimum atomic E-state index is -0.658. The number of likely N-dealkylation sites (tertiary alicyclic amines) is 1. The van der Waals surface area contributed by atoms with Gasteiger partial charge in [0.2, 0.25) is 0 Å². The van der Waals surface area contributed by atoms with E-state index in [1.807, 2.05) is 80.6 Å². The third-order valence-corrected chi connectivity index (χ3v) is 5.45. The SMILES string of the molecule is Cc1ccc(C(O)=C2C(=O)C(=O)N(Cc3ccccc3)C2c2ccc(C)cc2)cc1. The van der Waals surface area contributed by atoms with E-state index in [0.717, 1.165) is 22.3 Å². The van der Waals surface area contributed by atoms with E-state index in [4.69, 9.17) is 0 Å². The van der Waals surface area contributed by atoms with E-state index in [-0.39, 0.29) is 17.9 Å². The quantitative estimate of drug-likeness (QED) is 0.386. The zero-order valence-corrected chi connectivity index (χ0v) is 17.0. The lowest BCUT2D eigenvalue weighted by Crippen LogP contribution is -2.29. The molecule has 0 spiro atoms. The topological polar surface area (TPSA) is 57.6 Å². The first-order valence-electron chi connectivity index (χ1n) is 9.91. The smallest absolute Gasteiger partial charge is 0.295 e. The second-order valence-corrected chi connectivity index (χ2v) is 7.69. The highest BCUT2D eigenvalue weighted by molar-refractivity contribution is 6.46. The highest BCUT2D eigenvalue weighted by atomic mass is 16.3. The summed E-state index contributed by atoms with van der Waals surface area (Å²) in [6, 6.07) is 23.9. The fraction of sp³-hybridized carbons (Fsp3) is 0.154. The first-order chi connectivity index (χ1) is 14.5. The predicted molar refractivity (Wildman–Crippen MR) is 117 cm³/mol. The van der Waals surface area contributed by atoms with Gasteiger partial charge < -0.3 is 10.0 Å². The Hall–Kier alpha value is -3.66. The summed E-state index contributed by atoms with van der Waals surface area (Å²) < 4.78 is 0. The van der Waals surface area contributed by atoms with Gasteiger partial charge in [-0.1, -0.05) is 90.0 Å². The van der Waals surface area contributed by atoms with Crippen LogP contribution in [-0.4, -0.2) is 21.7 Å². The first kappa shape index (κ1) is 19.6. The summed E-state index contributed by atoms with van der Waals surface area (Å²) >= 11 is 0. The van der Waals surface area contributed by atoms with E-state index in [0.29, 0.717) is 5.56 Å². The Morgan fingerprint density at radius 1 is 0.833 bits per heavy atom. The van der Waals surface area contributed by atoms with Gasteiger partial charge >= 0.3 is 0 Å². The molecule has 0 aliphatic carbocycles. The van der Waals surface area contributed by atoms with Crippen LogP contribution in [0.4, 0.5) is 0 Å². The van der Waals surface area contributed by atoms with Gasteiger partial charge in [0.25, 0.3) is 11.7 Å². The minimum Gasteiger partial charge on any atom is -0.507 e. The number of aliphatic hydroxyl groups is 1. The molecular formula is C26H23NO3. The number of carbonyl (C=O) groups is 2. The Kier molecular flexibility index (Phi) is 5.23. The molecule has 3 aromatic carbocycles. The number of ketones is 1. The van der Waals surface area contributed by atoms with Crippen molar-refractivity contribution in [2.24, 2.45) is 0 Å². The molecule has 0 aromatic heterocycles. The van der Waals surface area contributed by atoms with E-state index >= 15 is 0 Å². The number of rotatable bonds is 4. The molecule has 0 saturated carbocycles. The maximum Gasteiger partial charge on any atom is 0.295 e. The summed E-state index contributed by atoms with van der Waals surface area (Å²) in [5, 5.41) is 11.0. The zero-order valence-electron chi connectivity index (χ0n) is 17.0. The molecule has 1 amide bonds. The van der Waals surface area contributed by atoms with Crippen LogP contribution in [0.3, 0.4) is 0 Å². The second-order valence-electron chi connectivity index (χ2n) is 7.69. The zero-order chi connectivity index (χ0) is 21.3. The maximum absolute atomic E-state index is 13.0. The fourth-order valence-electron chi connectivity index (χ4n) is 3.79. The van der Waals surface area contributed by atoms with Crippen LogP contribution in [0.2, 0.25) is 0 Å². The molecule has 30 heavy (non-hydrogen) atoms. The van der Waals surface area contributed by atoms with Crippen molar-refractivity contribution in [2.75, 3.05) is 0 Å².